The summed E-state index contributed by atoms with van der Waals surface area (Å²) in [5.41, 5.74) is -2.63. The monoisotopic (exact) mass is 416 g/mol. The van der Waals surface area contributed by atoms with E-state index in [0.29, 0.717) is 30.7 Å². The van der Waals surface area contributed by atoms with Gasteiger partial charge in [0.05, 0.1) is 11.1 Å². The van der Waals surface area contributed by atoms with Gasteiger partial charge in [-0.05, 0) is 42.7 Å². The lowest BCUT2D eigenvalue weighted by Gasteiger charge is -2.28. The molecule has 1 N–H and O–H groups in total. The number of hydrogen-bond acceptors (Lipinski definition) is 2. The van der Waals surface area contributed by atoms with Gasteiger partial charge in [0, 0.05) is 17.9 Å². The number of halogens is 6. The van der Waals surface area contributed by atoms with Crippen LogP contribution in [0.5, 0.6) is 0 Å². The fraction of sp³-hybridized carbons (Fsp3) is 0.263. The number of amides is 2. The molecule has 10 heteroatoms. The Kier molecular flexibility index (Phi) is 5.29. The number of anilines is 2. The first kappa shape index (κ1) is 20.7. The molecule has 0 saturated carbocycles. The lowest BCUT2D eigenvalue weighted by molar-refractivity contribution is -0.143. The fourth-order valence-electron chi connectivity index (χ4n) is 3.08. The van der Waals surface area contributed by atoms with Gasteiger partial charge in [0.2, 0.25) is 0 Å². The van der Waals surface area contributed by atoms with Gasteiger partial charge in [0.15, 0.2) is 0 Å². The highest BCUT2D eigenvalue weighted by Gasteiger charge is 2.37. The molecule has 0 fully saturated rings. The molecule has 0 radical (unpaired) electrons. The molecule has 1 aliphatic heterocycles. The molecule has 1 aliphatic rings. The van der Waals surface area contributed by atoms with Crippen molar-refractivity contribution in [1.82, 2.24) is 0 Å². The van der Waals surface area contributed by atoms with Crippen LogP contribution in [0.25, 0.3) is 0 Å². The average Bonchev–Trinajstić information content (AvgIpc) is 2.65. The molecule has 0 spiro atoms. The van der Waals surface area contributed by atoms with E-state index in [9.17, 15) is 35.9 Å². The van der Waals surface area contributed by atoms with E-state index in [1.165, 1.54) is 0 Å². The number of carbonyl (C=O) groups excluding carboxylic acids is 2. The van der Waals surface area contributed by atoms with Gasteiger partial charge < -0.3 is 10.2 Å². The second-order valence-corrected chi connectivity index (χ2v) is 6.44. The number of para-hydroxylation sites is 1. The second kappa shape index (κ2) is 7.41. The van der Waals surface area contributed by atoms with Crippen molar-refractivity contribution in [2.24, 2.45) is 0 Å². The number of hydrogen-bond donors (Lipinski definition) is 1. The summed E-state index contributed by atoms with van der Waals surface area (Å²) >= 11 is 0. The van der Waals surface area contributed by atoms with E-state index in [1.54, 1.807) is 24.3 Å². The highest BCUT2D eigenvalue weighted by molar-refractivity contribution is 6.44. The number of benzene rings is 2. The summed E-state index contributed by atoms with van der Waals surface area (Å²) in [6.07, 6.45) is -8.87. The number of rotatable bonds is 1. The zero-order chi connectivity index (χ0) is 21.4. The van der Waals surface area contributed by atoms with Crippen LogP contribution in [0.3, 0.4) is 0 Å². The van der Waals surface area contributed by atoms with E-state index in [0.717, 1.165) is 10.5 Å². The largest absolute Gasteiger partial charge is 0.416 e. The second-order valence-electron chi connectivity index (χ2n) is 6.44. The van der Waals surface area contributed by atoms with Crippen molar-refractivity contribution in [2.75, 3.05) is 16.8 Å². The van der Waals surface area contributed by atoms with E-state index in [-0.39, 0.29) is 12.6 Å². The molecule has 1 heterocycles. The lowest BCUT2D eigenvalue weighted by atomic mass is 10.0. The minimum Gasteiger partial charge on any atom is -0.318 e. The smallest absolute Gasteiger partial charge is 0.318 e. The van der Waals surface area contributed by atoms with Crippen molar-refractivity contribution in [3.63, 3.8) is 0 Å². The summed E-state index contributed by atoms with van der Waals surface area (Å²) in [7, 11) is 0. The first-order valence-corrected chi connectivity index (χ1v) is 8.47. The van der Waals surface area contributed by atoms with Gasteiger partial charge in [-0.2, -0.15) is 26.3 Å². The van der Waals surface area contributed by atoms with Crippen molar-refractivity contribution < 1.29 is 35.9 Å². The van der Waals surface area contributed by atoms with Gasteiger partial charge in [-0.1, -0.05) is 18.2 Å². The topological polar surface area (TPSA) is 49.4 Å². The Morgan fingerprint density at radius 2 is 1.48 bits per heavy atom. The number of alkyl halides is 6. The number of fused-ring (bicyclic) bond motifs is 1. The van der Waals surface area contributed by atoms with Gasteiger partial charge in [-0.15, -0.1) is 0 Å². The maximum absolute atomic E-state index is 12.9. The van der Waals surface area contributed by atoms with E-state index >= 15 is 0 Å². The van der Waals surface area contributed by atoms with Crippen LogP contribution in [-0.4, -0.2) is 18.4 Å². The third-order valence-electron chi connectivity index (χ3n) is 4.40. The first-order chi connectivity index (χ1) is 13.5. The molecule has 0 atom stereocenters. The third-order valence-corrected chi connectivity index (χ3v) is 4.40. The summed E-state index contributed by atoms with van der Waals surface area (Å²) in [5, 5.41) is 1.86. The Balaban J connectivity index is 1.88. The number of aryl methyl sites for hydroxylation is 1. The summed E-state index contributed by atoms with van der Waals surface area (Å²) in [6, 6.07) is 7.45. The van der Waals surface area contributed by atoms with Crippen LogP contribution in [0.4, 0.5) is 37.7 Å². The molecule has 0 saturated heterocycles. The van der Waals surface area contributed by atoms with Crippen molar-refractivity contribution in [2.45, 2.75) is 25.2 Å². The molecular formula is C19H14F6N2O2. The Morgan fingerprint density at radius 3 is 2.07 bits per heavy atom. The van der Waals surface area contributed by atoms with Crippen molar-refractivity contribution >= 4 is 23.2 Å². The minimum absolute atomic E-state index is 0.0572. The van der Waals surface area contributed by atoms with Crippen LogP contribution in [-0.2, 0) is 28.4 Å². The van der Waals surface area contributed by atoms with Crippen LogP contribution < -0.4 is 10.2 Å². The molecular weight excluding hydrogens is 402 g/mol. The first-order valence-electron chi connectivity index (χ1n) is 8.47. The quantitative estimate of drug-likeness (QED) is 0.544. The van der Waals surface area contributed by atoms with Gasteiger partial charge in [-0.3, -0.25) is 9.59 Å². The molecule has 2 aromatic rings. The zero-order valence-electron chi connectivity index (χ0n) is 14.7. The van der Waals surface area contributed by atoms with E-state index < -0.39 is 41.0 Å². The van der Waals surface area contributed by atoms with Gasteiger partial charge in [0.1, 0.15) is 0 Å². The van der Waals surface area contributed by atoms with Crippen molar-refractivity contribution in [3.8, 4) is 0 Å². The molecule has 2 aromatic carbocycles. The van der Waals surface area contributed by atoms with Gasteiger partial charge >= 0.3 is 24.2 Å². The van der Waals surface area contributed by atoms with E-state index in [4.69, 9.17) is 0 Å². The third kappa shape index (κ3) is 4.52. The van der Waals surface area contributed by atoms with Crippen LogP contribution in [0, 0.1) is 0 Å². The van der Waals surface area contributed by atoms with Crippen molar-refractivity contribution in [3.05, 3.63) is 59.2 Å². The number of nitrogens with one attached hydrogen (secondary N) is 1. The van der Waals surface area contributed by atoms with Crippen LogP contribution in [0.15, 0.2) is 42.5 Å². The summed E-state index contributed by atoms with van der Waals surface area (Å²) < 4.78 is 77.6. The predicted octanol–water partition coefficient (Wildman–Crippen LogP) is 4.64. The molecule has 29 heavy (non-hydrogen) atoms. The van der Waals surface area contributed by atoms with Gasteiger partial charge in [-0.25, -0.2) is 0 Å². The summed E-state index contributed by atoms with van der Waals surface area (Å²) in [5.74, 6) is -2.39. The zero-order valence-corrected chi connectivity index (χ0v) is 14.7. The molecule has 0 bridgehead atoms. The Bertz CT molecular complexity index is 920. The van der Waals surface area contributed by atoms with E-state index in [1.807, 2.05) is 5.32 Å². The summed E-state index contributed by atoms with van der Waals surface area (Å²) in [4.78, 5) is 25.9. The van der Waals surface area contributed by atoms with Gasteiger partial charge in [0.25, 0.3) is 0 Å². The maximum Gasteiger partial charge on any atom is 0.416 e. The summed E-state index contributed by atoms with van der Waals surface area (Å²) in [6.45, 7) is 0.208. The average molecular weight is 416 g/mol. The maximum atomic E-state index is 12.9. The Hall–Kier alpha value is -3.04. The lowest BCUT2D eigenvalue weighted by Crippen LogP contribution is -2.42. The molecule has 154 valence electrons. The molecule has 4 nitrogen and oxygen atoms in total. The van der Waals surface area contributed by atoms with Crippen LogP contribution in [0.1, 0.15) is 23.1 Å². The normalized spacial score (nSPS) is 14.3. The number of carbonyl (C=O) groups is 2. The van der Waals surface area contributed by atoms with Crippen LogP contribution >= 0.6 is 0 Å². The highest BCUT2D eigenvalue weighted by atomic mass is 19.4. The predicted molar refractivity (Wildman–Crippen MR) is 92.2 cm³/mol. The van der Waals surface area contributed by atoms with Crippen molar-refractivity contribution in [1.29, 1.82) is 0 Å². The number of nitrogens with zero attached hydrogens (tertiary/aromatic N) is 1. The Morgan fingerprint density at radius 1 is 0.897 bits per heavy atom. The molecule has 0 aromatic heterocycles. The van der Waals surface area contributed by atoms with E-state index in [2.05, 4.69) is 0 Å². The molecule has 0 aliphatic carbocycles. The molecule has 2 amide bonds. The highest BCUT2D eigenvalue weighted by Crippen LogP contribution is 2.37. The Labute approximate surface area is 161 Å². The SMILES string of the molecule is O=C(Nc1cc(C(F)(F)F)cc(C(F)(F)F)c1)C(=O)N1CCCc2ccccc21. The molecule has 0 unspecified atom stereocenters. The standard InChI is InChI=1S/C19H14F6N2O2/c20-18(21,22)12-8-13(19(23,24)25)10-14(9-12)26-16(28)17(29)27-7-3-5-11-4-1-2-6-15(11)27/h1-2,4,6,8-10H,3,5,7H2,(H,26,28). The fourth-order valence-corrected chi connectivity index (χ4v) is 3.08. The minimum atomic E-state index is -5.06. The molecule has 3 rings (SSSR count). The van der Waals surface area contributed by atoms with Crippen LogP contribution in [0.2, 0.25) is 0 Å².